The van der Waals surface area contributed by atoms with Crippen molar-refractivity contribution in [3.63, 3.8) is 0 Å². The highest BCUT2D eigenvalue weighted by atomic mass is 16.6. The van der Waals surface area contributed by atoms with Gasteiger partial charge in [0.15, 0.2) is 0 Å². The fourth-order valence-electron chi connectivity index (χ4n) is 0.731. The van der Waals surface area contributed by atoms with Crippen LogP contribution in [0.1, 0.15) is 5.56 Å². The van der Waals surface area contributed by atoms with Crippen molar-refractivity contribution in [1.82, 2.24) is 0 Å². The third-order valence-electron chi connectivity index (χ3n) is 1.37. The SMILES string of the molecule is NC(C#Cc1ccccc1)[N+](=O)[O-]. The predicted octanol–water partition coefficient (Wildman–Crippen LogP) is 0.600. The zero-order chi connectivity index (χ0) is 9.68. The zero-order valence-electron chi connectivity index (χ0n) is 6.81. The summed E-state index contributed by atoms with van der Waals surface area (Å²) in [6, 6.07) is 8.99. The molecule has 1 aromatic carbocycles. The topological polar surface area (TPSA) is 69.2 Å². The molecule has 0 aliphatic heterocycles. The Hall–Kier alpha value is -1.86. The third-order valence-corrected chi connectivity index (χ3v) is 1.37. The minimum Gasteiger partial charge on any atom is -0.262 e. The molecule has 0 aliphatic carbocycles. The second-order valence-electron chi connectivity index (χ2n) is 2.37. The number of nitrogens with zero attached hydrogens (tertiary/aromatic N) is 1. The van der Waals surface area contributed by atoms with Gasteiger partial charge in [0.2, 0.25) is 0 Å². The number of nitrogens with two attached hydrogens (primary N) is 1. The van der Waals surface area contributed by atoms with Crippen LogP contribution in [0.5, 0.6) is 0 Å². The molecule has 0 saturated carbocycles. The summed E-state index contributed by atoms with van der Waals surface area (Å²) in [5.74, 6) is 4.94. The van der Waals surface area contributed by atoms with E-state index in [1.165, 1.54) is 0 Å². The summed E-state index contributed by atoms with van der Waals surface area (Å²) in [6.07, 6.45) is -1.31. The Morgan fingerprint density at radius 3 is 2.54 bits per heavy atom. The second-order valence-corrected chi connectivity index (χ2v) is 2.37. The third kappa shape index (κ3) is 2.93. The molecule has 13 heavy (non-hydrogen) atoms. The van der Waals surface area contributed by atoms with Gasteiger partial charge in [-0.25, -0.2) is 0 Å². The normalized spacial score (nSPS) is 11.2. The molecule has 0 amide bonds. The smallest absolute Gasteiger partial charge is 0.262 e. The minimum absolute atomic E-state index is 0.629. The first-order valence-electron chi connectivity index (χ1n) is 3.66. The number of hydrogen-bond acceptors (Lipinski definition) is 3. The van der Waals surface area contributed by atoms with Crippen LogP contribution < -0.4 is 5.73 Å². The van der Waals surface area contributed by atoms with E-state index in [9.17, 15) is 10.1 Å². The van der Waals surface area contributed by atoms with Crippen molar-refractivity contribution in [3.8, 4) is 11.8 Å². The molecule has 66 valence electrons. The van der Waals surface area contributed by atoms with E-state index in [-0.39, 0.29) is 0 Å². The molecular weight excluding hydrogens is 168 g/mol. The number of hydrogen-bond donors (Lipinski definition) is 1. The Bertz CT molecular complexity index is 351. The number of rotatable bonds is 1. The Morgan fingerprint density at radius 1 is 1.38 bits per heavy atom. The molecule has 0 bridgehead atoms. The molecule has 0 aromatic heterocycles. The summed E-state index contributed by atoms with van der Waals surface area (Å²) in [4.78, 5) is 9.47. The van der Waals surface area contributed by atoms with Crippen molar-refractivity contribution in [2.75, 3.05) is 0 Å². The van der Waals surface area contributed by atoms with Crippen LogP contribution in [0.15, 0.2) is 30.3 Å². The number of nitro groups is 1. The van der Waals surface area contributed by atoms with E-state index in [2.05, 4.69) is 11.8 Å². The quantitative estimate of drug-likeness (QED) is 0.295. The fraction of sp³-hybridized carbons (Fsp3) is 0.111. The van der Waals surface area contributed by atoms with Gasteiger partial charge in [-0.15, -0.1) is 0 Å². The maximum Gasteiger partial charge on any atom is 0.325 e. The summed E-state index contributed by atoms with van der Waals surface area (Å²) in [7, 11) is 0. The van der Waals surface area contributed by atoms with E-state index in [0.717, 1.165) is 5.56 Å². The van der Waals surface area contributed by atoms with Gasteiger partial charge in [0, 0.05) is 5.56 Å². The monoisotopic (exact) mass is 176 g/mol. The van der Waals surface area contributed by atoms with E-state index in [1.807, 2.05) is 18.2 Å². The summed E-state index contributed by atoms with van der Waals surface area (Å²) >= 11 is 0. The second kappa shape index (κ2) is 4.24. The molecule has 0 fully saturated rings. The molecule has 1 unspecified atom stereocenters. The largest absolute Gasteiger partial charge is 0.325 e. The lowest BCUT2D eigenvalue weighted by Crippen LogP contribution is -2.27. The van der Waals surface area contributed by atoms with Crippen LogP contribution in [0.25, 0.3) is 0 Å². The zero-order valence-corrected chi connectivity index (χ0v) is 6.81. The van der Waals surface area contributed by atoms with Gasteiger partial charge in [-0.2, -0.15) is 0 Å². The van der Waals surface area contributed by atoms with Gasteiger partial charge in [0.25, 0.3) is 0 Å². The van der Waals surface area contributed by atoms with Gasteiger partial charge in [0.05, 0.1) is 4.92 Å². The van der Waals surface area contributed by atoms with Crippen molar-refractivity contribution in [3.05, 3.63) is 46.0 Å². The van der Waals surface area contributed by atoms with Crippen LogP contribution in [-0.4, -0.2) is 11.1 Å². The maximum atomic E-state index is 10.1. The molecule has 1 atom stereocenters. The average Bonchev–Trinajstić information content (AvgIpc) is 2.15. The molecule has 0 saturated heterocycles. The Kier molecular flexibility index (Phi) is 3.01. The van der Waals surface area contributed by atoms with Crippen LogP contribution in [0, 0.1) is 22.0 Å². The molecule has 0 radical (unpaired) electrons. The molecule has 1 aromatic rings. The van der Waals surface area contributed by atoms with Gasteiger partial charge in [-0.05, 0) is 18.1 Å². The Labute approximate surface area is 75.5 Å². The predicted molar refractivity (Wildman–Crippen MR) is 48.3 cm³/mol. The maximum absolute atomic E-state index is 10.1. The average molecular weight is 176 g/mol. The van der Waals surface area contributed by atoms with Crippen molar-refractivity contribution in [2.24, 2.45) is 5.73 Å². The van der Waals surface area contributed by atoms with E-state index in [4.69, 9.17) is 5.73 Å². The lowest BCUT2D eigenvalue weighted by Gasteiger charge is -1.91. The van der Waals surface area contributed by atoms with Gasteiger partial charge in [-0.3, -0.25) is 15.8 Å². The molecule has 1 rings (SSSR count). The highest BCUT2D eigenvalue weighted by Crippen LogP contribution is 1.94. The van der Waals surface area contributed by atoms with Crippen LogP contribution in [0.3, 0.4) is 0 Å². The lowest BCUT2D eigenvalue weighted by atomic mass is 10.2. The van der Waals surface area contributed by atoms with E-state index >= 15 is 0 Å². The van der Waals surface area contributed by atoms with Crippen LogP contribution in [0.2, 0.25) is 0 Å². The van der Waals surface area contributed by atoms with Crippen LogP contribution in [-0.2, 0) is 0 Å². The Balaban J connectivity index is 2.73. The highest BCUT2D eigenvalue weighted by Gasteiger charge is 2.06. The fourth-order valence-corrected chi connectivity index (χ4v) is 0.731. The van der Waals surface area contributed by atoms with E-state index < -0.39 is 11.1 Å². The summed E-state index contributed by atoms with van der Waals surface area (Å²) in [5, 5.41) is 10.1. The minimum atomic E-state index is -1.31. The standard InChI is InChI=1S/C9H8N2O2/c10-9(11(12)13)7-6-8-4-2-1-3-5-8/h1-5,9H,10H2. The van der Waals surface area contributed by atoms with Crippen molar-refractivity contribution < 1.29 is 4.92 Å². The highest BCUT2D eigenvalue weighted by molar-refractivity contribution is 5.34. The molecule has 4 heteroatoms. The molecule has 2 N–H and O–H groups in total. The van der Waals surface area contributed by atoms with Gasteiger partial charge >= 0.3 is 6.17 Å². The Morgan fingerprint density at radius 2 is 2.00 bits per heavy atom. The molecule has 4 nitrogen and oxygen atoms in total. The van der Waals surface area contributed by atoms with Gasteiger partial charge in [0.1, 0.15) is 0 Å². The van der Waals surface area contributed by atoms with E-state index in [0.29, 0.717) is 0 Å². The summed E-state index contributed by atoms with van der Waals surface area (Å²) in [6.45, 7) is 0. The van der Waals surface area contributed by atoms with Crippen molar-refractivity contribution in [1.29, 1.82) is 0 Å². The first-order valence-corrected chi connectivity index (χ1v) is 3.66. The lowest BCUT2D eigenvalue weighted by molar-refractivity contribution is -0.505. The first kappa shape index (κ1) is 9.23. The summed E-state index contributed by atoms with van der Waals surface area (Å²) < 4.78 is 0. The number of benzene rings is 1. The van der Waals surface area contributed by atoms with Gasteiger partial charge in [-0.1, -0.05) is 24.1 Å². The van der Waals surface area contributed by atoms with Gasteiger partial charge < -0.3 is 0 Å². The molecular formula is C9H8N2O2. The van der Waals surface area contributed by atoms with Crippen molar-refractivity contribution >= 4 is 0 Å². The summed E-state index contributed by atoms with van der Waals surface area (Å²) in [5.41, 5.74) is 5.81. The first-order chi connectivity index (χ1) is 6.20. The van der Waals surface area contributed by atoms with Crippen LogP contribution in [0.4, 0.5) is 0 Å². The molecule has 0 spiro atoms. The molecule has 0 heterocycles. The van der Waals surface area contributed by atoms with E-state index in [1.54, 1.807) is 12.1 Å². The molecule has 0 aliphatic rings. The van der Waals surface area contributed by atoms with Crippen LogP contribution >= 0.6 is 0 Å². The van der Waals surface area contributed by atoms with Crippen molar-refractivity contribution in [2.45, 2.75) is 6.17 Å².